The van der Waals surface area contributed by atoms with Crippen molar-refractivity contribution in [2.75, 3.05) is 0 Å². The van der Waals surface area contributed by atoms with Crippen LogP contribution in [0.2, 0.25) is 0 Å². The summed E-state index contributed by atoms with van der Waals surface area (Å²) in [5.74, 6) is 0. The molecule has 0 aromatic carbocycles. The van der Waals surface area contributed by atoms with Crippen LogP contribution in [-0.4, -0.2) is 10.1 Å². The van der Waals surface area contributed by atoms with E-state index in [9.17, 15) is 5.11 Å². The zero-order valence-electron chi connectivity index (χ0n) is 7.20. The van der Waals surface area contributed by atoms with E-state index in [4.69, 9.17) is 0 Å². The summed E-state index contributed by atoms with van der Waals surface area (Å²) < 4.78 is 0. The van der Waals surface area contributed by atoms with E-state index in [1.807, 2.05) is 19.1 Å². The van der Waals surface area contributed by atoms with Crippen molar-refractivity contribution >= 4 is 0 Å². The SMILES string of the molecule is C=CC[C@H](O)c1ccc(C)nc1. The Labute approximate surface area is 72.6 Å². The summed E-state index contributed by atoms with van der Waals surface area (Å²) in [6, 6.07) is 3.78. The van der Waals surface area contributed by atoms with Gasteiger partial charge in [-0.2, -0.15) is 0 Å². The van der Waals surface area contributed by atoms with E-state index >= 15 is 0 Å². The third kappa shape index (κ3) is 2.17. The van der Waals surface area contributed by atoms with Crippen LogP contribution in [0.1, 0.15) is 23.8 Å². The molecule has 0 radical (unpaired) electrons. The van der Waals surface area contributed by atoms with Gasteiger partial charge in [0, 0.05) is 11.9 Å². The van der Waals surface area contributed by atoms with Gasteiger partial charge in [-0.25, -0.2) is 0 Å². The Kier molecular flexibility index (Phi) is 3.00. The third-order valence-electron chi connectivity index (χ3n) is 1.71. The van der Waals surface area contributed by atoms with Crippen molar-refractivity contribution in [1.29, 1.82) is 0 Å². The van der Waals surface area contributed by atoms with Crippen molar-refractivity contribution in [3.05, 3.63) is 42.2 Å². The molecule has 2 nitrogen and oxygen atoms in total. The predicted molar refractivity (Wildman–Crippen MR) is 48.7 cm³/mol. The van der Waals surface area contributed by atoms with Crippen molar-refractivity contribution < 1.29 is 5.11 Å². The fourth-order valence-corrected chi connectivity index (χ4v) is 0.970. The van der Waals surface area contributed by atoms with Crippen molar-refractivity contribution in [3.8, 4) is 0 Å². The molecule has 0 amide bonds. The van der Waals surface area contributed by atoms with E-state index in [1.54, 1.807) is 12.3 Å². The summed E-state index contributed by atoms with van der Waals surface area (Å²) in [6.07, 6.45) is 3.51. The average molecular weight is 163 g/mol. The Morgan fingerprint density at radius 2 is 2.42 bits per heavy atom. The molecular weight excluding hydrogens is 150 g/mol. The number of rotatable bonds is 3. The Hall–Kier alpha value is -1.15. The predicted octanol–water partition coefficient (Wildman–Crippen LogP) is 2.00. The second-order valence-electron chi connectivity index (χ2n) is 2.77. The molecule has 2 heteroatoms. The molecule has 0 saturated heterocycles. The van der Waals surface area contributed by atoms with Crippen LogP contribution in [-0.2, 0) is 0 Å². The molecule has 0 bridgehead atoms. The smallest absolute Gasteiger partial charge is 0.0839 e. The maximum atomic E-state index is 9.50. The van der Waals surface area contributed by atoms with Crippen LogP contribution in [0.25, 0.3) is 0 Å². The van der Waals surface area contributed by atoms with Gasteiger partial charge in [-0.1, -0.05) is 12.1 Å². The molecule has 1 aromatic heterocycles. The quantitative estimate of drug-likeness (QED) is 0.691. The average Bonchev–Trinajstić information content (AvgIpc) is 2.06. The molecule has 1 aromatic rings. The molecular formula is C10H13NO. The summed E-state index contributed by atoms with van der Waals surface area (Å²) in [5, 5.41) is 9.50. The summed E-state index contributed by atoms with van der Waals surface area (Å²) in [6.45, 7) is 5.48. The van der Waals surface area contributed by atoms with Gasteiger partial charge >= 0.3 is 0 Å². The maximum absolute atomic E-state index is 9.50. The fourth-order valence-electron chi connectivity index (χ4n) is 0.970. The Morgan fingerprint density at radius 1 is 1.67 bits per heavy atom. The summed E-state index contributed by atoms with van der Waals surface area (Å²) >= 11 is 0. The van der Waals surface area contributed by atoms with Crippen LogP contribution in [0.5, 0.6) is 0 Å². The van der Waals surface area contributed by atoms with E-state index < -0.39 is 6.10 Å². The number of pyridine rings is 1. The Morgan fingerprint density at radius 3 is 2.92 bits per heavy atom. The lowest BCUT2D eigenvalue weighted by molar-refractivity contribution is 0.181. The maximum Gasteiger partial charge on any atom is 0.0839 e. The topological polar surface area (TPSA) is 33.1 Å². The van der Waals surface area contributed by atoms with Gasteiger partial charge in [-0.15, -0.1) is 6.58 Å². The molecule has 0 aliphatic carbocycles. The first-order valence-electron chi connectivity index (χ1n) is 3.95. The second-order valence-corrected chi connectivity index (χ2v) is 2.77. The van der Waals surface area contributed by atoms with Crippen molar-refractivity contribution in [1.82, 2.24) is 4.98 Å². The molecule has 0 fully saturated rings. The van der Waals surface area contributed by atoms with Crippen molar-refractivity contribution in [3.63, 3.8) is 0 Å². The summed E-state index contributed by atoms with van der Waals surface area (Å²) in [4.78, 5) is 4.09. The molecule has 1 heterocycles. The lowest BCUT2D eigenvalue weighted by Crippen LogP contribution is -1.96. The highest BCUT2D eigenvalue weighted by atomic mass is 16.3. The fraction of sp³-hybridized carbons (Fsp3) is 0.300. The van der Waals surface area contributed by atoms with Gasteiger partial charge in [-0.05, 0) is 25.0 Å². The first-order chi connectivity index (χ1) is 5.74. The molecule has 12 heavy (non-hydrogen) atoms. The second kappa shape index (κ2) is 4.02. The molecule has 1 N–H and O–H groups in total. The standard InChI is InChI=1S/C10H13NO/c1-3-4-10(12)9-6-5-8(2)11-7-9/h3,5-7,10,12H,1,4H2,2H3/t10-/m0/s1. The highest BCUT2D eigenvalue weighted by molar-refractivity contribution is 5.16. The molecule has 1 rings (SSSR count). The van der Waals surface area contributed by atoms with Gasteiger partial charge in [0.25, 0.3) is 0 Å². The van der Waals surface area contributed by atoms with Crippen LogP contribution >= 0.6 is 0 Å². The van der Waals surface area contributed by atoms with Gasteiger partial charge in [0.1, 0.15) is 0 Å². The highest BCUT2D eigenvalue weighted by Gasteiger charge is 2.04. The van der Waals surface area contributed by atoms with Gasteiger partial charge in [0.2, 0.25) is 0 Å². The third-order valence-corrected chi connectivity index (χ3v) is 1.71. The molecule has 0 spiro atoms. The van der Waals surface area contributed by atoms with Crippen LogP contribution in [0.15, 0.2) is 31.0 Å². The molecule has 1 atom stereocenters. The number of hydrogen-bond acceptors (Lipinski definition) is 2. The summed E-state index contributed by atoms with van der Waals surface area (Å²) in [7, 11) is 0. The number of aryl methyl sites for hydroxylation is 1. The van der Waals surface area contributed by atoms with Gasteiger partial charge in [0.05, 0.1) is 6.10 Å². The van der Waals surface area contributed by atoms with Crippen LogP contribution in [0.3, 0.4) is 0 Å². The monoisotopic (exact) mass is 163 g/mol. The van der Waals surface area contributed by atoms with Crippen LogP contribution < -0.4 is 0 Å². The number of nitrogens with zero attached hydrogens (tertiary/aromatic N) is 1. The van der Waals surface area contributed by atoms with Crippen molar-refractivity contribution in [2.45, 2.75) is 19.4 Å². The lowest BCUT2D eigenvalue weighted by Gasteiger charge is -2.06. The Bertz CT molecular complexity index is 253. The zero-order chi connectivity index (χ0) is 8.97. The van der Waals surface area contributed by atoms with E-state index in [0.717, 1.165) is 11.3 Å². The van der Waals surface area contributed by atoms with Gasteiger partial charge in [-0.3, -0.25) is 4.98 Å². The molecule has 0 saturated carbocycles. The number of hydrogen-bond donors (Lipinski definition) is 1. The first kappa shape index (κ1) is 8.94. The number of aliphatic hydroxyl groups is 1. The van der Waals surface area contributed by atoms with E-state index in [-0.39, 0.29) is 0 Å². The molecule has 0 unspecified atom stereocenters. The minimum Gasteiger partial charge on any atom is -0.388 e. The molecule has 0 aliphatic heterocycles. The largest absolute Gasteiger partial charge is 0.388 e. The van der Waals surface area contributed by atoms with Crippen LogP contribution in [0.4, 0.5) is 0 Å². The van der Waals surface area contributed by atoms with E-state index in [2.05, 4.69) is 11.6 Å². The van der Waals surface area contributed by atoms with E-state index in [1.165, 1.54) is 0 Å². The minimum atomic E-state index is -0.462. The molecule has 64 valence electrons. The number of aliphatic hydroxyl groups excluding tert-OH is 1. The molecule has 0 aliphatic rings. The first-order valence-corrected chi connectivity index (χ1v) is 3.95. The Balaban J connectivity index is 2.74. The summed E-state index contributed by atoms with van der Waals surface area (Å²) in [5.41, 5.74) is 1.81. The van der Waals surface area contributed by atoms with E-state index in [0.29, 0.717) is 6.42 Å². The lowest BCUT2D eigenvalue weighted by atomic mass is 10.1. The number of aromatic nitrogens is 1. The zero-order valence-corrected chi connectivity index (χ0v) is 7.20. The van der Waals surface area contributed by atoms with Crippen molar-refractivity contribution in [2.24, 2.45) is 0 Å². The highest BCUT2D eigenvalue weighted by Crippen LogP contribution is 2.15. The minimum absolute atomic E-state index is 0.462. The van der Waals surface area contributed by atoms with Gasteiger partial charge < -0.3 is 5.11 Å². The van der Waals surface area contributed by atoms with Crippen LogP contribution in [0, 0.1) is 6.92 Å². The normalized spacial score (nSPS) is 12.5. The van der Waals surface area contributed by atoms with Gasteiger partial charge in [0.15, 0.2) is 0 Å².